The third-order valence-electron chi connectivity index (χ3n) is 4.12. The fourth-order valence-corrected chi connectivity index (χ4v) is 4.13. The molecule has 1 aromatic rings. The van der Waals surface area contributed by atoms with E-state index in [1.807, 2.05) is 6.92 Å². The van der Waals surface area contributed by atoms with E-state index in [0.717, 1.165) is 38.1 Å². The van der Waals surface area contributed by atoms with Crippen LogP contribution in [0.2, 0.25) is 5.02 Å². The lowest BCUT2D eigenvalue weighted by molar-refractivity contribution is -0.114. The number of nitrogens with one attached hydrogen (secondary N) is 3. The molecule has 0 bridgehead atoms. The van der Waals surface area contributed by atoms with Crippen molar-refractivity contribution in [1.29, 1.82) is 0 Å². The minimum Gasteiger partial charge on any atom is -0.325 e. The Kier molecular flexibility index (Phi) is 7.64. The molecule has 0 radical (unpaired) electrons. The molecule has 0 saturated carbocycles. The second-order valence-electron chi connectivity index (χ2n) is 6.33. The van der Waals surface area contributed by atoms with Crippen molar-refractivity contribution in [2.75, 3.05) is 25.0 Å². The fraction of sp³-hybridized carbons (Fsp3) is 0.533. The van der Waals surface area contributed by atoms with Gasteiger partial charge in [0.1, 0.15) is 10.7 Å². The summed E-state index contributed by atoms with van der Waals surface area (Å²) in [6.45, 7) is 5.12. The van der Waals surface area contributed by atoms with E-state index in [4.69, 9.17) is 11.6 Å². The van der Waals surface area contributed by atoms with Gasteiger partial charge in [-0.15, -0.1) is 12.4 Å². The van der Waals surface area contributed by atoms with Crippen molar-refractivity contribution < 1.29 is 17.6 Å². The number of sulfonamides is 1. The van der Waals surface area contributed by atoms with Gasteiger partial charge < -0.3 is 10.6 Å². The zero-order chi connectivity index (χ0) is 18.0. The van der Waals surface area contributed by atoms with Gasteiger partial charge in [-0.1, -0.05) is 18.5 Å². The number of hydrogen-bond acceptors (Lipinski definition) is 4. The molecule has 0 atom stereocenters. The average Bonchev–Trinajstić information content (AvgIpc) is 2.49. The van der Waals surface area contributed by atoms with Crippen LogP contribution < -0.4 is 15.4 Å². The lowest BCUT2D eigenvalue weighted by Crippen LogP contribution is -2.43. The highest BCUT2D eigenvalue weighted by atomic mass is 35.5. The van der Waals surface area contributed by atoms with Crippen LogP contribution in [0, 0.1) is 11.2 Å². The Hall–Kier alpha value is -0.930. The number of rotatable bonds is 5. The summed E-state index contributed by atoms with van der Waals surface area (Å²) < 4.78 is 41.5. The lowest BCUT2D eigenvalue weighted by Gasteiger charge is -2.34. The molecule has 0 aromatic heterocycles. The summed E-state index contributed by atoms with van der Waals surface area (Å²) in [4.78, 5) is 10.5. The van der Waals surface area contributed by atoms with Crippen LogP contribution in [-0.2, 0) is 14.8 Å². The maximum atomic E-state index is 14.2. The minimum absolute atomic E-state index is 0. The molecule has 1 aliphatic heterocycles. The smallest absolute Gasteiger partial charge is 0.243 e. The second kappa shape index (κ2) is 8.64. The van der Waals surface area contributed by atoms with E-state index in [2.05, 4.69) is 15.4 Å². The second-order valence-corrected chi connectivity index (χ2v) is 8.47. The summed E-state index contributed by atoms with van der Waals surface area (Å²) >= 11 is 5.95. The van der Waals surface area contributed by atoms with Gasteiger partial charge in [-0.3, -0.25) is 4.79 Å². The number of carbonyl (C=O) groups excluding carboxylic acids is 1. The molecule has 1 amide bonds. The number of halogens is 3. The average molecular weight is 414 g/mol. The molecule has 0 unspecified atom stereocenters. The van der Waals surface area contributed by atoms with Gasteiger partial charge in [-0.2, -0.15) is 0 Å². The maximum absolute atomic E-state index is 14.2. The summed E-state index contributed by atoms with van der Waals surface area (Å²) in [5.74, 6) is -1.39. The van der Waals surface area contributed by atoms with Crippen molar-refractivity contribution >= 4 is 45.6 Å². The highest BCUT2D eigenvalue weighted by Gasteiger charge is 2.30. The third-order valence-corrected chi connectivity index (χ3v) is 5.85. The first-order valence-electron chi connectivity index (χ1n) is 7.60. The first kappa shape index (κ1) is 22.1. The summed E-state index contributed by atoms with van der Waals surface area (Å²) in [5.41, 5.74) is -0.139. The summed E-state index contributed by atoms with van der Waals surface area (Å²) in [6, 6.07) is 1.92. The van der Waals surface area contributed by atoms with Gasteiger partial charge in [-0.05, 0) is 37.4 Å². The van der Waals surface area contributed by atoms with Crippen LogP contribution in [0.1, 0.15) is 26.7 Å². The van der Waals surface area contributed by atoms with Gasteiger partial charge in [0.2, 0.25) is 15.9 Å². The van der Waals surface area contributed by atoms with Gasteiger partial charge in [0.05, 0.1) is 10.7 Å². The molecule has 0 spiro atoms. The van der Waals surface area contributed by atoms with Crippen LogP contribution in [0.4, 0.5) is 10.1 Å². The van der Waals surface area contributed by atoms with Crippen molar-refractivity contribution in [2.45, 2.75) is 31.6 Å². The van der Waals surface area contributed by atoms with E-state index in [-0.39, 0.29) is 35.1 Å². The Morgan fingerprint density at radius 1 is 1.36 bits per heavy atom. The molecular formula is C15H22Cl2FN3O3S. The number of hydrogen-bond donors (Lipinski definition) is 3. The minimum atomic E-state index is -4.04. The van der Waals surface area contributed by atoms with Crippen LogP contribution in [0.3, 0.4) is 0 Å². The summed E-state index contributed by atoms with van der Waals surface area (Å²) in [5, 5.41) is 5.53. The van der Waals surface area contributed by atoms with Crippen molar-refractivity contribution in [3.8, 4) is 0 Å². The zero-order valence-corrected chi connectivity index (χ0v) is 16.4. The van der Waals surface area contributed by atoms with E-state index < -0.39 is 26.6 Å². The number of carbonyl (C=O) groups is 1. The topological polar surface area (TPSA) is 87.3 Å². The van der Waals surface area contributed by atoms with Gasteiger partial charge in [0.15, 0.2) is 0 Å². The van der Waals surface area contributed by atoms with Gasteiger partial charge in [0, 0.05) is 19.5 Å². The van der Waals surface area contributed by atoms with Crippen LogP contribution in [0.25, 0.3) is 0 Å². The molecule has 25 heavy (non-hydrogen) atoms. The molecule has 3 N–H and O–H groups in total. The normalized spacial score (nSPS) is 16.8. The first-order valence-corrected chi connectivity index (χ1v) is 9.46. The fourth-order valence-electron chi connectivity index (χ4n) is 2.57. The van der Waals surface area contributed by atoms with Gasteiger partial charge in [-0.25, -0.2) is 17.5 Å². The molecule has 6 nitrogen and oxygen atoms in total. The van der Waals surface area contributed by atoms with Crippen molar-refractivity contribution in [1.82, 2.24) is 10.0 Å². The predicted octanol–water partition coefficient (Wildman–Crippen LogP) is 2.53. The molecule has 10 heteroatoms. The van der Waals surface area contributed by atoms with Gasteiger partial charge in [0.25, 0.3) is 0 Å². The van der Waals surface area contributed by atoms with E-state index >= 15 is 0 Å². The Morgan fingerprint density at radius 2 is 1.96 bits per heavy atom. The molecule has 2 rings (SSSR count). The highest BCUT2D eigenvalue weighted by Crippen LogP contribution is 2.30. The predicted molar refractivity (Wildman–Crippen MR) is 98.4 cm³/mol. The lowest BCUT2D eigenvalue weighted by atomic mass is 9.81. The molecule has 0 aliphatic carbocycles. The first-order chi connectivity index (χ1) is 11.1. The Bertz CT molecular complexity index is 738. The molecule has 1 fully saturated rings. The number of benzene rings is 1. The van der Waals surface area contributed by atoms with Crippen LogP contribution in [-0.4, -0.2) is 34.0 Å². The van der Waals surface area contributed by atoms with E-state index in [1.54, 1.807) is 0 Å². The maximum Gasteiger partial charge on any atom is 0.243 e. The molecule has 1 saturated heterocycles. The molecule has 1 aliphatic rings. The third kappa shape index (κ3) is 5.79. The number of amides is 1. The molecule has 142 valence electrons. The summed E-state index contributed by atoms with van der Waals surface area (Å²) in [7, 11) is -4.04. The standard InChI is InChI=1S/C15H21ClFN3O3S.ClH/c1-10(21)20-13-8-12(17)14(7-11(13)16)24(22,23)19-9-15(2)3-5-18-6-4-15;/h7-8,18-19H,3-6,9H2,1-2H3,(H,20,21);1H. The Morgan fingerprint density at radius 3 is 2.52 bits per heavy atom. The largest absolute Gasteiger partial charge is 0.325 e. The molecule has 1 heterocycles. The van der Waals surface area contributed by atoms with E-state index in [0.29, 0.717) is 0 Å². The van der Waals surface area contributed by atoms with E-state index in [1.165, 1.54) is 6.92 Å². The van der Waals surface area contributed by atoms with Crippen LogP contribution >= 0.6 is 24.0 Å². The van der Waals surface area contributed by atoms with Crippen LogP contribution in [0.15, 0.2) is 17.0 Å². The molecular weight excluding hydrogens is 392 g/mol. The van der Waals surface area contributed by atoms with Crippen molar-refractivity contribution in [3.63, 3.8) is 0 Å². The van der Waals surface area contributed by atoms with Crippen LogP contribution in [0.5, 0.6) is 0 Å². The quantitative estimate of drug-likeness (QED) is 0.691. The number of piperidine rings is 1. The zero-order valence-electron chi connectivity index (χ0n) is 14.0. The highest BCUT2D eigenvalue weighted by molar-refractivity contribution is 7.89. The number of anilines is 1. The van der Waals surface area contributed by atoms with Crippen molar-refractivity contribution in [3.05, 3.63) is 23.0 Å². The van der Waals surface area contributed by atoms with E-state index in [9.17, 15) is 17.6 Å². The summed E-state index contributed by atoms with van der Waals surface area (Å²) in [6.07, 6.45) is 1.67. The SMILES string of the molecule is CC(=O)Nc1cc(F)c(S(=O)(=O)NCC2(C)CCNCC2)cc1Cl.Cl. The van der Waals surface area contributed by atoms with Gasteiger partial charge >= 0.3 is 0 Å². The molecule has 1 aromatic carbocycles. The van der Waals surface area contributed by atoms with Crippen molar-refractivity contribution in [2.24, 2.45) is 5.41 Å². The Labute approximate surface area is 158 Å². The Balaban J connectivity index is 0.00000312. The monoisotopic (exact) mass is 413 g/mol.